The molecule has 1 aromatic heterocycles. The van der Waals surface area contributed by atoms with Crippen LogP contribution in [0.15, 0.2) is 42.5 Å². The van der Waals surface area contributed by atoms with Crippen LogP contribution in [0.3, 0.4) is 0 Å². The summed E-state index contributed by atoms with van der Waals surface area (Å²) in [5.41, 5.74) is 0.122. The summed E-state index contributed by atoms with van der Waals surface area (Å²) in [7, 11) is 0. The van der Waals surface area contributed by atoms with E-state index in [1.807, 2.05) is 25.1 Å². The molecule has 1 saturated heterocycles. The van der Waals surface area contributed by atoms with E-state index in [9.17, 15) is 18.0 Å². The molecule has 1 aliphatic rings. The number of carbonyl (C=O) groups is 1. The Hall–Kier alpha value is -2.69. The SMILES string of the molecule is CCOc1ccc2nc(N(CCN3CCOCC3)C(=O)c3ccc(C(F)(F)F)cc3)sc2c1. The smallest absolute Gasteiger partial charge is 0.416 e. The van der Waals surface area contributed by atoms with E-state index >= 15 is 0 Å². The number of rotatable bonds is 7. The number of benzene rings is 2. The summed E-state index contributed by atoms with van der Waals surface area (Å²) in [6.45, 7) is 6.20. The first-order valence-electron chi connectivity index (χ1n) is 10.7. The molecule has 0 aliphatic carbocycles. The molecule has 3 aromatic rings. The van der Waals surface area contributed by atoms with Crippen LogP contribution < -0.4 is 9.64 Å². The van der Waals surface area contributed by atoms with Gasteiger partial charge < -0.3 is 9.47 Å². The van der Waals surface area contributed by atoms with Crippen molar-refractivity contribution in [2.24, 2.45) is 0 Å². The van der Waals surface area contributed by atoms with Crippen LogP contribution in [0.4, 0.5) is 18.3 Å². The Balaban J connectivity index is 1.62. The van der Waals surface area contributed by atoms with Crippen LogP contribution >= 0.6 is 11.3 Å². The Labute approximate surface area is 193 Å². The number of morpholine rings is 1. The fourth-order valence-corrected chi connectivity index (χ4v) is 4.59. The quantitative estimate of drug-likeness (QED) is 0.492. The molecule has 176 valence electrons. The van der Waals surface area contributed by atoms with Crippen LogP contribution in [0.1, 0.15) is 22.8 Å². The minimum Gasteiger partial charge on any atom is -0.494 e. The molecule has 2 aromatic carbocycles. The average molecular weight is 480 g/mol. The molecular weight excluding hydrogens is 455 g/mol. The predicted molar refractivity (Wildman–Crippen MR) is 121 cm³/mol. The standard InChI is InChI=1S/C23H24F3N3O3S/c1-2-32-18-7-8-19-20(15-18)33-22(27-19)29(10-9-28-11-13-31-14-12-28)21(30)16-3-5-17(6-4-16)23(24,25)26/h3-8,15H,2,9-14H2,1H3. The highest BCUT2D eigenvalue weighted by molar-refractivity contribution is 7.22. The molecule has 4 rings (SSSR count). The predicted octanol–water partition coefficient (Wildman–Crippen LogP) is 4.69. The van der Waals surface area contributed by atoms with Crippen molar-refractivity contribution in [3.05, 3.63) is 53.6 Å². The lowest BCUT2D eigenvalue weighted by Gasteiger charge is -2.29. The topological polar surface area (TPSA) is 54.9 Å². The van der Waals surface area contributed by atoms with E-state index in [0.717, 1.165) is 35.4 Å². The van der Waals surface area contributed by atoms with Crippen molar-refractivity contribution in [3.8, 4) is 5.75 Å². The van der Waals surface area contributed by atoms with Crippen LogP contribution in [0.2, 0.25) is 0 Å². The van der Waals surface area contributed by atoms with Gasteiger partial charge >= 0.3 is 6.18 Å². The first-order valence-corrected chi connectivity index (χ1v) is 11.5. The van der Waals surface area contributed by atoms with Crippen LogP contribution in [0, 0.1) is 0 Å². The van der Waals surface area contributed by atoms with Gasteiger partial charge in [0.15, 0.2) is 5.13 Å². The van der Waals surface area contributed by atoms with Gasteiger partial charge in [-0.05, 0) is 49.4 Å². The summed E-state index contributed by atoms with van der Waals surface area (Å²) >= 11 is 1.35. The second-order valence-electron chi connectivity index (χ2n) is 7.54. The number of aromatic nitrogens is 1. The molecule has 10 heteroatoms. The number of alkyl halides is 3. The highest BCUT2D eigenvalue weighted by Crippen LogP contribution is 2.33. The lowest BCUT2D eigenvalue weighted by atomic mass is 10.1. The Bertz CT molecular complexity index is 1100. The van der Waals surface area contributed by atoms with Gasteiger partial charge in [-0.2, -0.15) is 13.2 Å². The number of ether oxygens (including phenoxy) is 2. The second kappa shape index (κ2) is 10.1. The van der Waals surface area contributed by atoms with Crippen molar-refractivity contribution >= 4 is 32.6 Å². The largest absolute Gasteiger partial charge is 0.494 e. The molecule has 0 atom stereocenters. The van der Waals surface area contributed by atoms with E-state index in [1.165, 1.54) is 23.5 Å². The number of nitrogens with zero attached hydrogens (tertiary/aromatic N) is 3. The molecule has 0 saturated carbocycles. The van der Waals surface area contributed by atoms with Crippen molar-refractivity contribution in [1.29, 1.82) is 0 Å². The Morgan fingerprint density at radius 2 is 1.91 bits per heavy atom. The van der Waals surface area contributed by atoms with Crippen LogP contribution in [0.25, 0.3) is 10.2 Å². The summed E-state index contributed by atoms with van der Waals surface area (Å²) in [6, 6.07) is 9.83. The number of hydrogen-bond donors (Lipinski definition) is 0. The molecule has 6 nitrogen and oxygen atoms in total. The third-order valence-electron chi connectivity index (χ3n) is 5.34. The summed E-state index contributed by atoms with van der Waals surface area (Å²) in [5, 5.41) is 0.497. The normalized spacial score (nSPS) is 15.0. The van der Waals surface area contributed by atoms with Crippen molar-refractivity contribution < 1.29 is 27.4 Å². The average Bonchev–Trinajstić information content (AvgIpc) is 3.22. The summed E-state index contributed by atoms with van der Waals surface area (Å²) in [5.74, 6) is 0.329. The number of carbonyl (C=O) groups excluding carboxylic acids is 1. The number of fused-ring (bicyclic) bond motifs is 1. The molecular formula is C23H24F3N3O3S. The van der Waals surface area contributed by atoms with Crippen molar-refractivity contribution in [2.75, 3.05) is 50.9 Å². The van der Waals surface area contributed by atoms with E-state index in [2.05, 4.69) is 9.88 Å². The fourth-order valence-electron chi connectivity index (χ4n) is 3.57. The van der Waals surface area contributed by atoms with E-state index in [1.54, 1.807) is 4.90 Å². The molecule has 1 fully saturated rings. The van der Waals surface area contributed by atoms with E-state index < -0.39 is 11.7 Å². The Kier molecular flexibility index (Phi) is 7.16. The Morgan fingerprint density at radius 1 is 1.18 bits per heavy atom. The third kappa shape index (κ3) is 5.63. The van der Waals surface area contributed by atoms with Crippen molar-refractivity contribution in [3.63, 3.8) is 0 Å². The summed E-state index contributed by atoms with van der Waals surface area (Å²) in [6.07, 6.45) is -4.46. The maximum Gasteiger partial charge on any atom is 0.416 e. The van der Waals surface area contributed by atoms with Gasteiger partial charge in [-0.1, -0.05) is 11.3 Å². The van der Waals surface area contributed by atoms with Crippen LogP contribution in [-0.4, -0.2) is 61.8 Å². The molecule has 0 radical (unpaired) electrons. The summed E-state index contributed by atoms with van der Waals surface area (Å²) < 4.78 is 50.6. The fraction of sp³-hybridized carbons (Fsp3) is 0.391. The number of hydrogen-bond acceptors (Lipinski definition) is 6. The van der Waals surface area contributed by atoms with Gasteiger partial charge in [0.25, 0.3) is 5.91 Å². The highest BCUT2D eigenvalue weighted by Gasteiger charge is 2.31. The van der Waals surface area contributed by atoms with Gasteiger partial charge in [0.2, 0.25) is 0 Å². The van der Waals surface area contributed by atoms with Crippen molar-refractivity contribution in [2.45, 2.75) is 13.1 Å². The maximum absolute atomic E-state index is 13.4. The first-order chi connectivity index (χ1) is 15.8. The molecule has 0 spiro atoms. The molecule has 33 heavy (non-hydrogen) atoms. The number of amides is 1. The molecule has 1 aliphatic heterocycles. The first kappa shape index (κ1) is 23.5. The summed E-state index contributed by atoms with van der Waals surface area (Å²) in [4.78, 5) is 21.7. The van der Waals surface area contributed by atoms with Gasteiger partial charge in [0.05, 0.1) is 35.6 Å². The molecule has 0 unspecified atom stereocenters. The van der Waals surface area contributed by atoms with Gasteiger partial charge in [-0.15, -0.1) is 0 Å². The highest BCUT2D eigenvalue weighted by atomic mass is 32.1. The Morgan fingerprint density at radius 3 is 2.58 bits per heavy atom. The minimum atomic E-state index is -4.46. The van der Waals surface area contributed by atoms with E-state index in [4.69, 9.17) is 9.47 Å². The van der Waals surface area contributed by atoms with Gasteiger partial charge in [0.1, 0.15) is 5.75 Å². The van der Waals surface area contributed by atoms with E-state index in [-0.39, 0.29) is 11.5 Å². The second-order valence-corrected chi connectivity index (χ2v) is 8.55. The lowest BCUT2D eigenvalue weighted by molar-refractivity contribution is -0.137. The zero-order valence-electron chi connectivity index (χ0n) is 18.1. The number of anilines is 1. The monoisotopic (exact) mass is 479 g/mol. The number of halogens is 3. The zero-order valence-corrected chi connectivity index (χ0v) is 18.9. The third-order valence-corrected chi connectivity index (χ3v) is 6.38. The van der Waals surface area contributed by atoms with Crippen LogP contribution in [0.5, 0.6) is 5.75 Å². The van der Waals surface area contributed by atoms with Crippen molar-refractivity contribution in [1.82, 2.24) is 9.88 Å². The van der Waals surface area contributed by atoms with Gasteiger partial charge in [0, 0.05) is 31.7 Å². The maximum atomic E-state index is 13.4. The minimum absolute atomic E-state index is 0.180. The molecule has 0 N–H and O–H groups in total. The zero-order chi connectivity index (χ0) is 23.4. The van der Waals surface area contributed by atoms with Crippen LogP contribution in [-0.2, 0) is 10.9 Å². The van der Waals surface area contributed by atoms with Gasteiger partial charge in [-0.25, -0.2) is 4.98 Å². The molecule has 2 heterocycles. The van der Waals surface area contributed by atoms with Gasteiger partial charge in [-0.3, -0.25) is 14.6 Å². The number of thiazole rings is 1. The lowest BCUT2D eigenvalue weighted by Crippen LogP contribution is -2.43. The molecule has 0 bridgehead atoms. The molecule has 1 amide bonds. The van der Waals surface area contributed by atoms with E-state index in [0.29, 0.717) is 43.8 Å².